The molecule has 13 heteroatoms. The Balaban J connectivity index is 0.00000514. The molecular formula is C48H28N4O8Pd. The molecule has 4 aromatic carbocycles. The van der Waals surface area contributed by atoms with E-state index in [1.54, 1.807) is 48.5 Å². The van der Waals surface area contributed by atoms with E-state index in [1.807, 2.05) is 48.6 Å². The standard InChI is InChI=1S/C48H28N4O8.Pd/c53-45(54)29-9-1-25(2-10-29)41-33-17-19-35(49-33)42(26-3-11-30(12-4-26)46(55)56)37-21-23-39(51-37)44(28-7-15-32(16-8-28)48(59)60)40-24-22-38(52-40)43(36-20-18-34(41)50-36)27-5-13-31(14-6-27)47(57)58;/h1-24H,(H,53,54)(H,55,56)(H,57,58)(H,59,60);. The predicted octanol–water partition coefficient (Wildman–Crippen LogP) is 8.48. The summed E-state index contributed by atoms with van der Waals surface area (Å²) in [6.07, 6.45) is 14.7. The molecule has 4 N–H and O–H groups in total. The van der Waals surface area contributed by atoms with Crippen LogP contribution in [0.5, 0.6) is 0 Å². The Bertz CT molecular complexity index is 2610. The zero-order valence-electron chi connectivity index (χ0n) is 31.4. The Morgan fingerprint density at radius 1 is 0.295 bits per heavy atom. The maximum Gasteiger partial charge on any atom is 0.335 e. The fourth-order valence-corrected chi connectivity index (χ4v) is 7.39. The third-order valence-electron chi connectivity index (χ3n) is 10.3. The molecule has 0 amide bonds. The third-order valence-corrected chi connectivity index (χ3v) is 10.3. The van der Waals surface area contributed by atoms with Crippen molar-refractivity contribution in [3.63, 3.8) is 0 Å². The maximum absolute atomic E-state index is 11.8. The number of rotatable bonds is 8. The van der Waals surface area contributed by atoms with Crippen molar-refractivity contribution in [1.29, 1.82) is 0 Å². The number of carbonyl (C=O) groups is 4. The number of nitrogens with zero attached hydrogens (tertiary/aromatic N) is 4. The second kappa shape index (κ2) is 16.0. The summed E-state index contributed by atoms with van der Waals surface area (Å²) in [5.74, 6) is -4.30. The van der Waals surface area contributed by atoms with Crippen LogP contribution in [-0.4, -0.2) is 67.2 Å². The van der Waals surface area contributed by atoms with Gasteiger partial charge in [-0.25, -0.2) is 39.1 Å². The number of aliphatic imine (C=N–C) groups is 4. The fourth-order valence-electron chi connectivity index (χ4n) is 7.39. The van der Waals surface area contributed by atoms with Gasteiger partial charge in [0.05, 0.1) is 67.9 Å². The van der Waals surface area contributed by atoms with E-state index in [9.17, 15) is 39.6 Å². The zero-order valence-corrected chi connectivity index (χ0v) is 32.9. The zero-order chi connectivity index (χ0) is 41.7. The quantitative estimate of drug-likeness (QED) is 0.126. The summed E-state index contributed by atoms with van der Waals surface area (Å²) in [5.41, 5.74) is 9.53. The van der Waals surface area contributed by atoms with E-state index < -0.39 is 23.9 Å². The van der Waals surface area contributed by atoms with Gasteiger partial charge in [0.1, 0.15) is 0 Å². The number of hydrogen-bond acceptors (Lipinski definition) is 8. The van der Waals surface area contributed by atoms with E-state index in [2.05, 4.69) is 0 Å². The van der Waals surface area contributed by atoms with Gasteiger partial charge in [-0.2, -0.15) is 0 Å². The summed E-state index contributed by atoms with van der Waals surface area (Å²) in [7, 11) is 0. The van der Waals surface area contributed by atoms with Crippen LogP contribution in [0.2, 0.25) is 0 Å². The second-order valence-electron chi connectivity index (χ2n) is 13.9. The maximum atomic E-state index is 11.8. The minimum absolute atomic E-state index is 0. The number of hydrogen-bond donors (Lipinski definition) is 4. The van der Waals surface area contributed by atoms with Crippen LogP contribution >= 0.6 is 0 Å². The van der Waals surface area contributed by atoms with Crippen molar-refractivity contribution >= 4 is 69.0 Å². The van der Waals surface area contributed by atoms with Gasteiger partial charge in [0.15, 0.2) is 0 Å². The molecule has 5 heterocycles. The normalized spacial score (nSPS) is 16.1. The minimum atomic E-state index is -1.07. The van der Waals surface area contributed by atoms with Crippen molar-refractivity contribution in [3.8, 4) is 0 Å². The largest absolute Gasteiger partial charge is 0.478 e. The van der Waals surface area contributed by atoms with Crippen molar-refractivity contribution in [2.24, 2.45) is 20.0 Å². The molecular weight excluding hydrogens is 867 g/mol. The van der Waals surface area contributed by atoms with E-state index in [4.69, 9.17) is 20.0 Å². The van der Waals surface area contributed by atoms with E-state index >= 15 is 0 Å². The van der Waals surface area contributed by atoms with Gasteiger partial charge in [0.2, 0.25) is 0 Å². The Morgan fingerprint density at radius 3 is 0.639 bits per heavy atom. The molecule has 298 valence electrons. The van der Waals surface area contributed by atoms with E-state index in [0.29, 0.717) is 90.2 Å². The first-order valence-electron chi connectivity index (χ1n) is 18.4. The van der Waals surface area contributed by atoms with E-state index in [1.165, 1.54) is 48.5 Å². The van der Waals surface area contributed by atoms with Gasteiger partial charge < -0.3 is 20.4 Å². The molecule has 8 bridgehead atoms. The third kappa shape index (κ3) is 7.47. The summed E-state index contributed by atoms with van der Waals surface area (Å²) in [6, 6.07) is 25.6. The van der Waals surface area contributed by atoms with Gasteiger partial charge in [-0.05, 0) is 119 Å². The van der Waals surface area contributed by atoms with Crippen LogP contribution in [0.3, 0.4) is 0 Å². The smallest absolute Gasteiger partial charge is 0.335 e. The summed E-state index contributed by atoms with van der Waals surface area (Å²) in [6.45, 7) is 0. The number of benzene rings is 4. The van der Waals surface area contributed by atoms with Gasteiger partial charge in [-0.15, -0.1) is 0 Å². The average molecular weight is 895 g/mol. The molecule has 4 aromatic rings. The molecule has 5 aliphatic rings. The SMILES string of the molecule is O=C(O)c1ccc(C2=C3C=CC(=N3)C(c3ccc(C(=O)O)cc3)=C3C=CC(=N3)C(c3ccc(C(=O)O)cc3)=C3C=CC(=N3)C(c3ccc(C(=O)O)cc3)=C3C=CC2=N3)cc1.[Pd]. The van der Waals surface area contributed by atoms with Crippen LogP contribution in [0.15, 0.2) is 188 Å². The van der Waals surface area contributed by atoms with Crippen molar-refractivity contribution in [2.45, 2.75) is 0 Å². The number of carboxylic acid groups (broad SMARTS) is 4. The van der Waals surface area contributed by atoms with Crippen molar-refractivity contribution in [1.82, 2.24) is 0 Å². The van der Waals surface area contributed by atoms with Gasteiger partial charge in [0, 0.05) is 42.7 Å². The fraction of sp³-hybridized carbons (Fsp3) is 0. The Morgan fingerprint density at radius 2 is 0.475 bits per heavy atom. The molecule has 0 radical (unpaired) electrons. The van der Waals surface area contributed by atoms with Gasteiger partial charge in [0.25, 0.3) is 0 Å². The molecule has 0 unspecified atom stereocenters. The molecule has 61 heavy (non-hydrogen) atoms. The summed E-state index contributed by atoms with van der Waals surface area (Å²) < 4.78 is 0. The monoisotopic (exact) mass is 894 g/mol. The van der Waals surface area contributed by atoms with E-state index in [-0.39, 0.29) is 42.7 Å². The summed E-state index contributed by atoms with van der Waals surface area (Å²) in [4.78, 5) is 67.8. The van der Waals surface area contributed by atoms with Crippen LogP contribution < -0.4 is 0 Å². The molecule has 0 fully saturated rings. The first-order chi connectivity index (χ1) is 29.0. The first-order valence-corrected chi connectivity index (χ1v) is 18.4. The average Bonchev–Trinajstić information content (AvgIpc) is 4.10. The van der Waals surface area contributed by atoms with Gasteiger partial charge in [-0.1, -0.05) is 48.5 Å². The van der Waals surface area contributed by atoms with Crippen LogP contribution in [0.25, 0.3) is 22.3 Å². The molecule has 5 aliphatic heterocycles. The van der Waals surface area contributed by atoms with Crippen molar-refractivity contribution in [3.05, 3.63) is 213 Å². The molecule has 12 nitrogen and oxygen atoms in total. The van der Waals surface area contributed by atoms with Crippen molar-refractivity contribution in [2.75, 3.05) is 0 Å². The summed E-state index contributed by atoms with van der Waals surface area (Å²) >= 11 is 0. The Labute approximate surface area is 360 Å². The van der Waals surface area contributed by atoms with Crippen LogP contribution in [0, 0.1) is 0 Å². The molecule has 0 saturated heterocycles. The Kier molecular flexibility index (Phi) is 10.4. The molecule has 0 spiro atoms. The van der Waals surface area contributed by atoms with Gasteiger partial charge >= 0.3 is 23.9 Å². The Hall–Kier alpha value is -7.98. The molecule has 0 aliphatic carbocycles. The molecule has 9 rings (SSSR count). The van der Waals surface area contributed by atoms with Crippen LogP contribution in [0.4, 0.5) is 0 Å². The molecule has 0 atom stereocenters. The number of fused-ring (bicyclic) bond motifs is 4. The minimum Gasteiger partial charge on any atom is -0.478 e. The molecule has 0 aromatic heterocycles. The topological polar surface area (TPSA) is 199 Å². The van der Waals surface area contributed by atoms with Gasteiger partial charge in [-0.3, -0.25) is 0 Å². The number of carboxylic acids is 4. The first kappa shape index (κ1) is 39.8. The number of allylic oxidation sites excluding steroid dienone is 12. The summed E-state index contributed by atoms with van der Waals surface area (Å²) in [5, 5.41) is 38.7. The van der Waals surface area contributed by atoms with Crippen LogP contribution in [-0.2, 0) is 20.4 Å². The second-order valence-corrected chi connectivity index (χ2v) is 13.9. The predicted molar refractivity (Wildman–Crippen MR) is 228 cm³/mol. The number of aromatic carboxylic acids is 4. The molecule has 0 saturated carbocycles. The van der Waals surface area contributed by atoms with Crippen LogP contribution in [0.1, 0.15) is 63.7 Å². The van der Waals surface area contributed by atoms with Crippen molar-refractivity contribution < 1.29 is 60.0 Å². The van der Waals surface area contributed by atoms with E-state index in [0.717, 1.165) is 0 Å².